The number of hydrogen-bond acceptors (Lipinski definition) is 4. The molecule has 0 aliphatic carbocycles. The number of aromatic nitrogens is 3. The molecule has 1 aromatic heterocycles. The molecule has 0 saturated carbocycles. The van der Waals surface area contributed by atoms with Crippen LogP contribution in [0.1, 0.15) is 50.0 Å². The molecule has 0 bridgehead atoms. The first-order valence-corrected chi connectivity index (χ1v) is 7.94. The highest BCUT2D eigenvalue weighted by molar-refractivity contribution is 5.59. The van der Waals surface area contributed by atoms with Crippen LogP contribution in [-0.2, 0) is 0 Å². The third-order valence-electron chi connectivity index (χ3n) is 4.36. The van der Waals surface area contributed by atoms with Crippen LogP contribution in [0.4, 0.5) is 10.1 Å². The number of benzene rings is 1. The van der Waals surface area contributed by atoms with Crippen molar-refractivity contribution in [3.63, 3.8) is 0 Å². The van der Waals surface area contributed by atoms with Crippen molar-refractivity contribution in [2.24, 2.45) is 0 Å². The molecule has 5 nitrogen and oxygen atoms in total. The van der Waals surface area contributed by atoms with Crippen molar-refractivity contribution < 1.29 is 4.39 Å². The van der Waals surface area contributed by atoms with E-state index < -0.39 is 0 Å². The van der Waals surface area contributed by atoms with Gasteiger partial charge in [0.15, 0.2) is 0 Å². The van der Waals surface area contributed by atoms with Gasteiger partial charge in [0, 0.05) is 25.0 Å². The Bertz CT molecular complexity index is 731. The van der Waals surface area contributed by atoms with Gasteiger partial charge < -0.3 is 9.47 Å². The van der Waals surface area contributed by atoms with E-state index in [-0.39, 0.29) is 11.7 Å². The smallest absolute Gasteiger partial charge is 0.137 e. The predicted molar refractivity (Wildman–Crippen MR) is 85.7 cm³/mol. The molecule has 1 atom stereocenters. The lowest BCUT2D eigenvalue weighted by atomic mass is 9.95. The number of anilines is 1. The zero-order valence-electron chi connectivity index (χ0n) is 13.4. The molecule has 0 radical (unpaired) electrons. The molecular weight excluding hydrogens is 293 g/mol. The minimum Gasteiger partial charge on any atom is -0.370 e. The Hall–Kier alpha value is -2.42. The standard InChI is InChI=1S/C17H20FN5/c1-12(2)23-11-20-21-17(23)13-4-3-7-22(10-13)16-6-5-15(18)8-14(16)9-19/h5-6,8,11-13H,3-4,7,10H2,1-2H3. The summed E-state index contributed by atoms with van der Waals surface area (Å²) in [4.78, 5) is 2.16. The molecule has 2 aromatic rings. The number of halogens is 1. The molecule has 1 unspecified atom stereocenters. The highest BCUT2D eigenvalue weighted by Crippen LogP contribution is 2.31. The summed E-state index contributed by atoms with van der Waals surface area (Å²) in [7, 11) is 0. The monoisotopic (exact) mass is 313 g/mol. The van der Waals surface area contributed by atoms with Gasteiger partial charge >= 0.3 is 0 Å². The average molecular weight is 313 g/mol. The molecule has 1 saturated heterocycles. The largest absolute Gasteiger partial charge is 0.370 e. The van der Waals surface area contributed by atoms with E-state index >= 15 is 0 Å². The zero-order chi connectivity index (χ0) is 16.4. The fraction of sp³-hybridized carbons (Fsp3) is 0.471. The molecule has 0 amide bonds. The first-order valence-electron chi connectivity index (χ1n) is 7.94. The van der Waals surface area contributed by atoms with Crippen molar-refractivity contribution in [2.45, 2.75) is 38.6 Å². The fourth-order valence-electron chi connectivity index (χ4n) is 3.22. The Morgan fingerprint density at radius 1 is 1.39 bits per heavy atom. The predicted octanol–water partition coefficient (Wildman–Crippen LogP) is 3.25. The second kappa shape index (κ2) is 6.37. The lowest BCUT2D eigenvalue weighted by molar-refractivity contribution is 0.454. The first kappa shape index (κ1) is 15.5. The molecule has 0 N–H and O–H groups in total. The summed E-state index contributed by atoms with van der Waals surface area (Å²) in [5.41, 5.74) is 1.19. The summed E-state index contributed by atoms with van der Waals surface area (Å²) >= 11 is 0. The van der Waals surface area contributed by atoms with E-state index in [0.717, 1.165) is 37.4 Å². The van der Waals surface area contributed by atoms with Crippen LogP contribution in [0.3, 0.4) is 0 Å². The maximum atomic E-state index is 13.4. The maximum Gasteiger partial charge on any atom is 0.137 e. The highest BCUT2D eigenvalue weighted by atomic mass is 19.1. The number of piperidine rings is 1. The van der Waals surface area contributed by atoms with Crippen molar-refractivity contribution >= 4 is 5.69 Å². The first-order chi connectivity index (χ1) is 11.1. The molecule has 1 aliphatic rings. The second-order valence-corrected chi connectivity index (χ2v) is 6.25. The van der Waals surface area contributed by atoms with Crippen LogP contribution in [0.25, 0.3) is 0 Å². The SMILES string of the molecule is CC(C)n1cnnc1C1CCCN(c2ccc(F)cc2C#N)C1. The molecule has 23 heavy (non-hydrogen) atoms. The molecule has 6 heteroatoms. The highest BCUT2D eigenvalue weighted by Gasteiger charge is 2.27. The summed E-state index contributed by atoms with van der Waals surface area (Å²) in [6.07, 6.45) is 3.83. The van der Waals surface area contributed by atoms with Crippen molar-refractivity contribution in [1.82, 2.24) is 14.8 Å². The van der Waals surface area contributed by atoms with Crippen molar-refractivity contribution in [2.75, 3.05) is 18.0 Å². The molecule has 2 heterocycles. The normalized spacial score (nSPS) is 18.2. The van der Waals surface area contributed by atoms with E-state index in [4.69, 9.17) is 0 Å². The molecule has 1 fully saturated rings. The van der Waals surface area contributed by atoms with Crippen LogP contribution in [0.2, 0.25) is 0 Å². The van der Waals surface area contributed by atoms with E-state index in [1.54, 1.807) is 12.4 Å². The van der Waals surface area contributed by atoms with Gasteiger partial charge in [-0.05, 0) is 44.9 Å². The van der Waals surface area contributed by atoms with Gasteiger partial charge in [0.1, 0.15) is 24.0 Å². The topological polar surface area (TPSA) is 57.7 Å². The Morgan fingerprint density at radius 2 is 2.22 bits per heavy atom. The van der Waals surface area contributed by atoms with Crippen molar-refractivity contribution in [1.29, 1.82) is 5.26 Å². The van der Waals surface area contributed by atoms with Gasteiger partial charge in [-0.15, -0.1) is 10.2 Å². The van der Waals surface area contributed by atoms with Crippen LogP contribution in [0.15, 0.2) is 24.5 Å². The van der Waals surface area contributed by atoms with E-state index in [2.05, 4.69) is 39.6 Å². The molecule has 0 spiro atoms. The fourth-order valence-corrected chi connectivity index (χ4v) is 3.22. The van der Waals surface area contributed by atoms with Gasteiger partial charge in [-0.25, -0.2) is 4.39 Å². The summed E-state index contributed by atoms with van der Waals surface area (Å²) in [5, 5.41) is 17.6. The van der Waals surface area contributed by atoms with Gasteiger partial charge in [-0.3, -0.25) is 0 Å². The summed E-state index contributed by atoms with van der Waals surface area (Å²) in [6, 6.07) is 6.83. The summed E-state index contributed by atoms with van der Waals surface area (Å²) in [5.74, 6) is 0.883. The Balaban J connectivity index is 1.87. The summed E-state index contributed by atoms with van der Waals surface area (Å²) < 4.78 is 15.5. The average Bonchev–Trinajstić information content (AvgIpc) is 3.04. The third kappa shape index (κ3) is 3.04. The van der Waals surface area contributed by atoms with Crippen LogP contribution >= 0.6 is 0 Å². The maximum absolute atomic E-state index is 13.4. The molecule has 3 rings (SSSR count). The molecule has 120 valence electrons. The van der Waals surface area contributed by atoms with Gasteiger partial charge in [0.05, 0.1) is 11.3 Å². The second-order valence-electron chi connectivity index (χ2n) is 6.25. The van der Waals surface area contributed by atoms with E-state index in [1.807, 2.05) is 0 Å². The Morgan fingerprint density at radius 3 is 2.96 bits per heavy atom. The minimum absolute atomic E-state index is 0.269. The number of nitrogens with zero attached hydrogens (tertiary/aromatic N) is 5. The third-order valence-corrected chi connectivity index (χ3v) is 4.36. The molecule has 1 aliphatic heterocycles. The van der Waals surface area contributed by atoms with Gasteiger partial charge in [-0.2, -0.15) is 5.26 Å². The van der Waals surface area contributed by atoms with Crippen LogP contribution in [0.5, 0.6) is 0 Å². The van der Waals surface area contributed by atoms with Crippen molar-refractivity contribution in [3.05, 3.63) is 41.7 Å². The molecule has 1 aromatic carbocycles. The summed E-state index contributed by atoms with van der Waals surface area (Å²) in [6.45, 7) is 5.86. The van der Waals surface area contributed by atoms with E-state index in [9.17, 15) is 9.65 Å². The Labute approximate surface area is 135 Å². The van der Waals surface area contributed by atoms with Gasteiger partial charge in [0.25, 0.3) is 0 Å². The van der Waals surface area contributed by atoms with Crippen molar-refractivity contribution in [3.8, 4) is 6.07 Å². The number of rotatable bonds is 3. The Kier molecular flexibility index (Phi) is 4.28. The van der Waals surface area contributed by atoms with Crippen LogP contribution in [-0.4, -0.2) is 27.9 Å². The number of hydrogen-bond donors (Lipinski definition) is 0. The molecular formula is C17H20FN5. The minimum atomic E-state index is -0.376. The lowest BCUT2D eigenvalue weighted by Gasteiger charge is -2.34. The van der Waals surface area contributed by atoms with E-state index in [1.165, 1.54) is 12.1 Å². The quantitative estimate of drug-likeness (QED) is 0.873. The van der Waals surface area contributed by atoms with Gasteiger partial charge in [-0.1, -0.05) is 0 Å². The van der Waals surface area contributed by atoms with E-state index in [0.29, 0.717) is 11.6 Å². The van der Waals surface area contributed by atoms with Gasteiger partial charge in [0.2, 0.25) is 0 Å². The van der Waals surface area contributed by atoms with Crippen LogP contribution < -0.4 is 4.90 Å². The zero-order valence-corrected chi connectivity index (χ0v) is 13.4. The number of nitriles is 1. The lowest BCUT2D eigenvalue weighted by Crippen LogP contribution is -2.36. The van der Waals surface area contributed by atoms with Crippen LogP contribution in [0, 0.1) is 17.1 Å².